The zero-order chi connectivity index (χ0) is 14.2. The van der Waals surface area contributed by atoms with Crippen molar-refractivity contribution in [3.05, 3.63) is 28.8 Å². The molecule has 0 N–H and O–H groups in total. The monoisotopic (exact) mass is 276 g/mol. The second-order valence-corrected chi connectivity index (χ2v) is 5.28. The molecule has 2 rings (SSSR count). The maximum Gasteiger partial charge on any atom is 0.235 e. The number of carbonyl (C=O) groups excluding carboxylic acids is 2. The fraction of sp³-hybridized carbons (Fsp3) is 0.357. The third-order valence-electron chi connectivity index (χ3n) is 3.18. The van der Waals surface area contributed by atoms with E-state index in [0.29, 0.717) is 11.3 Å². The molecule has 0 aliphatic carbocycles. The number of hydrogen-bond acceptors (Lipinski definition) is 3. The smallest absolute Gasteiger partial charge is 0.235 e. The first kappa shape index (κ1) is 13.6. The van der Waals surface area contributed by atoms with E-state index in [-0.39, 0.29) is 29.1 Å². The number of benzene rings is 1. The molecule has 19 heavy (non-hydrogen) atoms. The Kier molecular flexibility index (Phi) is 3.59. The van der Waals surface area contributed by atoms with Crippen molar-refractivity contribution in [3.63, 3.8) is 0 Å². The summed E-state index contributed by atoms with van der Waals surface area (Å²) < 4.78 is 0. The quantitative estimate of drug-likeness (QED) is 0.780. The van der Waals surface area contributed by atoms with E-state index >= 15 is 0 Å². The molecule has 5 heteroatoms. The summed E-state index contributed by atoms with van der Waals surface area (Å²) in [6, 6.07) is 6.29. The minimum atomic E-state index is -0.448. The molecule has 0 spiro atoms. The van der Waals surface area contributed by atoms with Crippen LogP contribution in [0.3, 0.4) is 0 Å². The van der Waals surface area contributed by atoms with E-state index in [1.165, 1.54) is 4.90 Å². The molecule has 0 aromatic heterocycles. The van der Waals surface area contributed by atoms with Gasteiger partial charge in [0.2, 0.25) is 5.91 Å². The minimum Gasteiger partial charge on any atom is -0.301 e. The standard InChI is InChI=1S/C14H13ClN2O2/c1-8(2)14-12(18)6-13(19)17(14)10-4-3-9(7-16)11(15)5-10/h3-5,8,14H,6H2,1-2H3. The third kappa shape index (κ3) is 2.34. The van der Waals surface area contributed by atoms with E-state index in [9.17, 15) is 9.59 Å². The lowest BCUT2D eigenvalue weighted by molar-refractivity contribution is -0.122. The SMILES string of the molecule is CC(C)C1C(=O)CC(=O)N1c1ccc(C#N)c(Cl)c1. The second-order valence-electron chi connectivity index (χ2n) is 4.87. The number of nitrogens with zero attached hydrogens (tertiary/aromatic N) is 2. The maximum absolute atomic E-state index is 12.0. The first-order valence-corrected chi connectivity index (χ1v) is 6.38. The molecule has 98 valence electrons. The van der Waals surface area contributed by atoms with Crippen LogP contribution in [-0.4, -0.2) is 17.7 Å². The van der Waals surface area contributed by atoms with Gasteiger partial charge in [0.15, 0.2) is 5.78 Å². The molecule has 1 aromatic rings. The van der Waals surface area contributed by atoms with Crippen LogP contribution in [0.4, 0.5) is 5.69 Å². The molecule has 1 atom stereocenters. The van der Waals surface area contributed by atoms with E-state index in [1.807, 2.05) is 19.9 Å². The fourth-order valence-electron chi connectivity index (χ4n) is 2.36. The molecule has 0 radical (unpaired) electrons. The number of halogens is 1. The molecule has 4 nitrogen and oxygen atoms in total. The van der Waals surface area contributed by atoms with Gasteiger partial charge >= 0.3 is 0 Å². The second kappa shape index (κ2) is 5.02. The first-order chi connectivity index (χ1) is 8.95. The highest BCUT2D eigenvalue weighted by atomic mass is 35.5. The van der Waals surface area contributed by atoms with E-state index in [2.05, 4.69) is 0 Å². The molecule has 0 bridgehead atoms. The first-order valence-electron chi connectivity index (χ1n) is 6.00. The van der Waals surface area contributed by atoms with Crippen molar-refractivity contribution < 1.29 is 9.59 Å². The maximum atomic E-state index is 12.0. The fourth-order valence-corrected chi connectivity index (χ4v) is 2.57. The average molecular weight is 277 g/mol. The van der Waals surface area contributed by atoms with Gasteiger partial charge in [0, 0.05) is 5.69 Å². The number of nitriles is 1. The topological polar surface area (TPSA) is 61.2 Å². The molecular weight excluding hydrogens is 264 g/mol. The van der Waals surface area contributed by atoms with Gasteiger partial charge in [-0.05, 0) is 24.1 Å². The summed E-state index contributed by atoms with van der Waals surface area (Å²) in [6.45, 7) is 3.80. The zero-order valence-corrected chi connectivity index (χ0v) is 11.4. The lowest BCUT2D eigenvalue weighted by atomic mass is 10.0. The number of ketones is 1. The van der Waals surface area contributed by atoms with Gasteiger partial charge in [-0.15, -0.1) is 0 Å². The highest BCUT2D eigenvalue weighted by Crippen LogP contribution is 2.31. The molecule has 1 aromatic carbocycles. The van der Waals surface area contributed by atoms with Gasteiger partial charge in [-0.25, -0.2) is 0 Å². The Morgan fingerprint density at radius 3 is 2.63 bits per heavy atom. The van der Waals surface area contributed by atoms with Crippen molar-refractivity contribution >= 4 is 29.0 Å². The van der Waals surface area contributed by atoms with Gasteiger partial charge in [-0.1, -0.05) is 25.4 Å². The van der Waals surface area contributed by atoms with Gasteiger partial charge in [-0.3, -0.25) is 9.59 Å². The van der Waals surface area contributed by atoms with Crippen LogP contribution in [0.1, 0.15) is 25.8 Å². The van der Waals surface area contributed by atoms with Crippen molar-refractivity contribution in [2.24, 2.45) is 5.92 Å². The van der Waals surface area contributed by atoms with Crippen molar-refractivity contribution in [2.45, 2.75) is 26.3 Å². The average Bonchev–Trinajstić information content (AvgIpc) is 2.64. The summed E-state index contributed by atoms with van der Waals surface area (Å²) in [5, 5.41) is 9.13. The third-order valence-corrected chi connectivity index (χ3v) is 3.50. The van der Waals surface area contributed by atoms with Gasteiger partial charge < -0.3 is 4.90 Å². The Hall–Kier alpha value is -1.86. The van der Waals surface area contributed by atoms with Crippen molar-refractivity contribution in [3.8, 4) is 6.07 Å². The van der Waals surface area contributed by atoms with Crippen molar-refractivity contribution in [2.75, 3.05) is 4.90 Å². The highest BCUT2D eigenvalue weighted by molar-refractivity contribution is 6.32. The molecule has 1 aliphatic heterocycles. The Bertz CT molecular complexity index is 590. The van der Waals surface area contributed by atoms with Gasteiger partial charge in [-0.2, -0.15) is 5.26 Å². The van der Waals surface area contributed by atoms with E-state index in [0.717, 1.165) is 0 Å². The minimum absolute atomic E-state index is 0.0355. The van der Waals surface area contributed by atoms with Gasteiger partial charge in [0.1, 0.15) is 6.07 Å². The van der Waals surface area contributed by atoms with E-state index < -0.39 is 6.04 Å². The number of hydrogen-bond donors (Lipinski definition) is 0. The Morgan fingerprint density at radius 1 is 1.42 bits per heavy atom. The summed E-state index contributed by atoms with van der Waals surface area (Å²) in [6.07, 6.45) is -0.0690. The van der Waals surface area contributed by atoms with E-state index in [1.54, 1.807) is 18.2 Å². The van der Waals surface area contributed by atoms with Crippen molar-refractivity contribution in [1.29, 1.82) is 5.26 Å². The summed E-state index contributed by atoms with van der Waals surface area (Å²) in [5.74, 6) is -0.252. The number of amides is 1. The van der Waals surface area contributed by atoms with Gasteiger partial charge in [0.25, 0.3) is 0 Å². The van der Waals surface area contributed by atoms with Crippen LogP contribution in [0.25, 0.3) is 0 Å². The summed E-state index contributed by atoms with van der Waals surface area (Å²) in [5.41, 5.74) is 0.919. The Labute approximate surface area is 116 Å². The predicted octanol–water partition coefficient (Wildman–Crippen LogP) is 2.54. The molecule has 1 amide bonds. The Balaban J connectivity index is 2.45. The molecular formula is C14H13ClN2O2. The number of carbonyl (C=O) groups is 2. The highest BCUT2D eigenvalue weighted by Gasteiger charge is 2.41. The van der Waals surface area contributed by atoms with Crippen molar-refractivity contribution in [1.82, 2.24) is 0 Å². The zero-order valence-electron chi connectivity index (χ0n) is 10.7. The van der Waals surface area contributed by atoms with Crippen LogP contribution in [0.5, 0.6) is 0 Å². The van der Waals surface area contributed by atoms with Crippen LogP contribution in [-0.2, 0) is 9.59 Å². The number of anilines is 1. The predicted molar refractivity (Wildman–Crippen MR) is 71.9 cm³/mol. The number of Topliss-reactive ketones (excluding diaryl/α,β-unsaturated/α-hetero) is 1. The largest absolute Gasteiger partial charge is 0.301 e. The summed E-state index contributed by atoms with van der Waals surface area (Å²) in [7, 11) is 0. The molecule has 1 aliphatic rings. The summed E-state index contributed by atoms with van der Waals surface area (Å²) in [4.78, 5) is 25.3. The van der Waals surface area contributed by atoms with E-state index in [4.69, 9.17) is 16.9 Å². The van der Waals surface area contributed by atoms with Crippen LogP contribution in [0.15, 0.2) is 18.2 Å². The van der Waals surface area contributed by atoms with Crippen LogP contribution < -0.4 is 4.90 Å². The lowest BCUT2D eigenvalue weighted by Crippen LogP contribution is -2.39. The van der Waals surface area contributed by atoms with Crippen LogP contribution in [0.2, 0.25) is 5.02 Å². The molecule has 0 saturated carbocycles. The molecule has 1 heterocycles. The van der Waals surface area contributed by atoms with Crippen LogP contribution >= 0.6 is 11.6 Å². The van der Waals surface area contributed by atoms with Gasteiger partial charge in [0.05, 0.1) is 23.0 Å². The molecule has 1 unspecified atom stereocenters. The van der Waals surface area contributed by atoms with Crippen LogP contribution in [0, 0.1) is 17.2 Å². The molecule has 1 saturated heterocycles. The molecule has 1 fully saturated rings. The number of rotatable bonds is 2. The lowest BCUT2D eigenvalue weighted by Gasteiger charge is -2.26. The Morgan fingerprint density at radius 2 is 2.11 bits per heavy atom. The summed E-state index contributed by atoms with van der Waals surface area (Å²) >= 11 is 5.97. The normalized spacial score (nSPS) is 19.1.